The van der Waals surface area contributed by atoms with Crippen molar-refractivity contribution < 1.29 is 9.47 Å². The van der Waals surface area contributed by atoms with Gasteiger partial charge in [-0.05, 0) is 31.2 Å². The molecular formula is C14H16N2O2. The van der Waals surface area contributed by atoms with E-state index in [1.807, 2.05) is 31.2 Å². The van der Waals surface area contributed by atoms with Crippen molar-refractivity contribution in [3.8, 4) is 22.6 Å². The second-order valence-corrected chi connectivity index (χ2v) is 3.94. The number of benzene rings is 1. The van der Waals surface area contributed by atoms with Gasteiger partial charge >= 0.3 is 0 Å². The number of pyridine rings is 1. The summed E-state index contributed by atoms with van der Waals surface area (Å²) in [7, 11) is 3.27. The molecule has 0 atom stereocenters. The highest BCUT2D eigenvalue weighted by molar-refractivity contribution is 5.73. The lowest BCUT2D eigenvalue weighted by atomic mass is 10.0. The molecule has 0 amide bonds. The lowest BCUT2D eigenvalue weighted by Gasteiger charge is -2.12. The molecule has 2 N–H and O–H groups in total. The Hall–Kier alpha value is -2.23. The van der Waals surface area contributed by atoms with Crippen molar-refractivity contribution in [2.24, 2.45) is 0 Å². The molecular weight excluding hydrogens is 228 g/mol. The van der Waals surface area contributed by atoms with Gasteiger partial charge in [-0.1, -0.05) is 0 Å². The van der Waals surface area contributed by atoms with Crippen LogP contribution >= 0.6 is 0 Å². The van der Waals surface area contributed by atoms with Gasteiger partial charge in [-0.3, -0.25) is 0 Å². The number of hydrogen-bond donors (Lipinski definition) is 1. The number of nitrogen functional groups attached to an aromatic ring is 1. The van der Waals surface area contributed by atoms with Gasteiger partial charge < -0.3 is 15.2 Å². The molecule has 0 radical (unpaired) electrons. The number of methoxy groups -OCH3 is 2. The third-order valence-electron chi connectivity index (χ3n) is 2.81. The first-order valence-corrected chi connectivity index (χ1v) is 5.61. The summed E-state index contributed by atoms with van der Waals surface area (Å²) in [5.41, 5.74) is 8.51. The van der Waals surface area contributed by atoms with Crippen molar-refractivity contribution in [3.05, 3.63) is 36.0 Å². The molecule has 1 aromatic carbocycles. The van der Waals surface area contributed by atoms with E-state index in [0.29, 0.717) is 5.82 Å². The predicted molar refractivity (Wildman–Crippen MR) is 71.9 cm³/mol. The lowest BCUT2D eigenvalue weighted by Crippen LogP contribution is -1.96. The monoisotopic (exact) mass is 244 g/mol. The number of aryl methyl sites for hydroxylation is 1. The number of aromatic nitrogens is 1. The maximum Gasteiger partial charge on any atom is 0.130 e. The van der Waals surface area contributed by atoms with E-state index in [4.69, 9.17) is 15.2 Å². The first-order valence-electron chi connectivity index (χ1n) is 5.61. The molecule has 94 valence electrons. The minimum absolute atomic E-state index is 0.517. The van der Waals surface area contributed by atoms with E-state index in [1.54, 1.807) is 20.3 Å². The van der Waals surface area contributed by atoms with E-state index in [2.05, 4.69) is 4.98 Å². The number of hydrogen-bond acceptors (Lipinski definition) is 4. The highest BCUT2D eigenvalue weighted by Crippen LogP contribution is 2.34. The quantitative estimate of drug-likeness (QED) is 0.901. The second kappa shape index (κ2) is 4.96. The topological polar surface area (TPSA) is 57.4 Å². The molecule has 4 heteroatoms. The van der Waals surface area contributed by atoms with Crippen LogP contribution in [-0.2, 0) is 0 Å². The summed E-state index contributed by atoms with van der Waals surface area (Å²) >= 11 is 0. The summed E-state index contributed by atoms with van der Waals surface area (Å²) in [5, 5.41) is 0. The number of anilines is 1. The fraction of sp³-hybridized carbons (Fsp3) is 0.214. The largest absolute Gasteiger partial charge is 0.497 e. The van der Waals surface area contributed by atoms with Crippen LogP contribution in [0.1, 0.15) is 5.69 Å². The normalized spacial score (nSPS) is 10.2. The Morgan fingerprint density at radius 3 is 2.33 bits per heavy atom. The number of ether oxygens (including phenoxy) is 2. The molecule has 0 aliphatic heterocycles. The molecule has 0 aliphatic carbocycles. The van der Waals surface area contributed by atoms with E-state index in [0.717, 1.165) is 28.3 Å². The summed E-state index contributed by atoms with van der Waals surface area (Å²) in [4.78, 5) is 4.26. The number of nitrogens with two attached hydrogens (primary N) is 1. The highest BCUT2D eigenvalue weighted by Gasteiger charge is 2.10. The fourth-order valence-electron chi connectivity index (χ4n) is 1.89. The van der Waals surface area contributed by atoms with Gasteiger partial charge in [-0.2, -0.15) is 0 Å². The Morgan fingerprint density at radius 2 is 1.72 bits per heavy atom. The first kappa shape index (κ1) is 12.2. The Balaban J connectivity index is 2.56. The second-order valence-electron chi connectivity index (χ2n) is 3.94. The highest BCUT2D eigenvalue weighted by atomic mass is 16.5. The van der Waals surface area contributed by atoms with Gasteiger partial charge in [0.15, 0.2) is 0 Å². The van der Waals surface area contributed by atoms with Crippen molar-refractivity contribution in [1.29, 1.82) is 0 Å². The lowest BCUT2D eigenvalue weighted by molar-refractivity contribution is 0.395. The zero-order valence-electron chi connectivity index (χ0n) is 10.7. The molecule has 1 aromatic heterocycles. The van der Waals surface area contributed by atoms with E-state index in [-0.39, 0.29) is 0 Å². The number of nitrogens with zero attached hydrogens (tertiary/aromatic N) is 1. The zero-order valence-corrected chi connectivity index (χ0v) is 10.7. The van der Waals surface area contributed by atoms with Crippen LogP contribution in [0.3, 0.4) is 0 Å². The van der Waals surface area contributed by atoms with Crippen LogP contribution in [0.4, 0.5) is 5.82 Å². The zero-order chi connectivity index (χ0) is 13.1. The Kier molecular flexibility index (Phi) is 3.37. The third-order valence-corrected chi connectivity index (χ3v) is 2.81. The first-order chi connectivity index (χ1) is 8.65. The molecule has 0 spiro atoms. The summed E-state index contributed by atoms with van der Waals surface area (Å²) in [6.45, 7) is 1.93. The van der Waals surface area contributed by atoms with Gasteiger partial charge in [-0.15, -0.1) is 0 Å². The molecule has 0 aliphatic rings. The van der Waals surface area contributed by atoms with Gasteiger partial charge in [0.05, 0.1) is 14.2 Å². The van der Waals surface area contributed by atoms with Crippen molar-refractivity contribution in [2.45, 2.75) is 6.92 Å². The Morgan fingerprint density at radius 1 is 1.00 bits per heavy atom. The van der Waals surface area contributed by atoms with Crippen molar-refractivity contribution >= 4 is 5.82 Å². The molecule has 0 saturated heterocycles. The molecule has 2 aromatic rings. The molecule has 1 heterocycles. The van der Waals surface area contributed by atoms with E-state index in [1.165, 1.54) is 0 Å². The van der Waals surface area contributed by atoms with Crippen LogP contribution < -0.4 is 15.2 Å². The number of rotatable bonds is 3. The third kappa shape index (κ3) is 2.22. The van der Waals surface area contributed by atoms with Gasteiger partial charge in [-0.25, -0.2) is 4.98 Å². The maximum absolute atomic E-state index is 5.66. The van der Waals surface area contributed by atoms with Crippen LogP contribution in [0, 0.1) is 6.92 Å². The Labute approximate surface area is 106 Å². The van der Waals surface area contributed by atoms with Crippen LogP contribution in [0.2, 0.25) is 0 Å². The average molecular weight is 244 g/mol. The van der Waals surface area contributed by atoms with Crippen LogP contribution in [0.5, 0.6) is 11.5 Å². The van der Waals surface area contributed by atoms with Crippen LogP contribution in [0.25, 0.3) is 11.1 Å². The molecule has 0 bridgehead atoms. The van der Waals surface area contributed by atoms with E-state index in [9.17, 15) is 0 Å². The minimum Gasteiger partial charge on any atom is -0.497 e. The van der Waals surface area contributed by atoms with Gasteiger partial charge in [0.1, 0.15) is 17.3 Å². The van der Waals surface area contributed by atoms with Gasteiger partial charge in [0.2, 0.25) is 0 Å². The van der Waals surface area contributed by atoms with Crippen LogP contribution in [0.15, 0.2) is 30.3 Å². The van der Waals surface area contributed by atoms with Crippen molar-refractivity contribution in [1.82, 2.24) is 4.98 Å². The SMILES string of the molecule is COc1ccc(-c2ccc(N)nc2C)c(OC)c1. The van der Waals surface area contributed by atoms with Crippen molar-refractivity contribution in [3.63, 3.8) is 0 Å². The molecule has 0 fully saturated rings. The molecule has 2 rings (SSSR count). The van der Waals surface area contributed by atoms with Crippen LogP contribution in [-0.4, -0.2) is 19.2 Å². The van der Waals surface area contributed by atoms with Crippen molar-refractivity contribution in [2.75, 3.05) is 20.0 Å². The summed E-state index contributed by atoms with van der Waals surface area (Å²) in [6, 6.07) is 9.44. The fourth-order valence-corrected chi connectivity index (χ4v) is 1.89. The average Bonchev–Trinajstić information content (AvgIpc) is 2.38. The summed E-state index contributed by atoms with van der Waals surface area (Å²) in [5.74, 6) is 2.03. The minimum atomic E-state index is 0.517. The summed E-state index contributed by atoms with van der Waals surface area (Å²) in [6.07, 6.45) is 0. The van der Waals surface area contributed by atoms with Gasteiger partial charge in [0.25, 0.3) is 0 Å². The Bertz CT molecular complexity index is 568. The van der Waals surface area contributed by atoms with E-state index >= 15 is 0 Å². The standard InChI is InChI=1S/C14H16N2O2/c1-9-11(6-7-14(15)16-9)12-5-4-10(17-2)8-13(12)18-3/h4-8H,1-3H3,(H2,15,16). The molecule has 0 unspecified atom stereocenters. The van der Waals surface area contributed by atoms with E-state index < -0.39 is 0 Å². The molecule has 18 heavy (non-hydrogen) atoms. The maximum atomic E-state index is 5.66. The smallest absolute Gasteiger partial charge is 0.130 e. The summed E-state index contributed by atoms with van der Waals surface area (Å²) < 4.78 is 10.6. The molecule has 0 saturated carbocycles. The molecule has 4 nitrogen and oxygen atoms in total. The van der Waals surface area contributed by atoms with Gasteiger partial charge in [0, 0.05) is 22.9 Å². The predicted octanol–water partition coefficient (Wildman–Crippen LogP) is 2.66.